The highest BCUT2D eigenvalue weighted by Crippen LogP contribution is 2.46. The Hall–Kier alpha value is -1.73. The Morgan fingerprint density at radius 2 is 2.22 bits per heavy atom. The minimum Gasteiger partial charge on any atom is -0.377 e. The topological polar surface area (TPSA) is 71.9 Å². The van der Waals surface area contributed by atoms with Gasteiger partial charge in [0, 0.05) is 51.6 Å². The van der Waals surface area contributed by atoms with Crippen LogP contribution in [0.15, 0.2) is 18.7 Å². The van der Waals surface area contributed by atoms with Crippen LogP contribution >= 0.6 is 0 Å². The minimum atomic E-state index is 0.451. The Balaban J connectivity index is 1.42. The van der Waals surface area contributed by atoms with E-state index in [0.717, 1.165) is 43.7 Å². The van der Waals surface area contributed by atoms with E-state index in [0.29, 0.717) is 18.4 Å². The number of hydrogen-bond acceptors (Lipinski definition) is 5. The molecule has 0 bridgehead atoms. The Morgan fingerprint density at radius 1 is 1.30 bits per heavy atom. The van der Waals surface area contributed by atoms with E-state index in [9.17, 15) is 0 Å². The SMILES string of the molecule is COCc1nc([C@H]2CN(CCn3ccnc3)C[C@@H]2C2CC2)n[nH]1. The lowest BCUT2D eigenvalue weighted by Crippen LogP contribution is -2.25. The number of hydrogen-bond donors (Lipinski definition) is 1. The van der Waals surface area contributed by atoms with E-state index in [4.69, 9.17) is 4.74 Å². The predicted octanol–water partition coefficient (Wildman–Crippen LogP) is 1.27. The standard InChI is InChI=1S/C16H24N6O/c1-23-10-15-18-16(20-19-15)14-9-22(8-13(14)12-2-3-12)7-6-21-5-4-17-11-21/h4-5,11-14H,2-3,6-10H2,1H3,(H,18,19,20)/t13-,14+/m1/s1. The summed E-state index contributed by atoms with van der Waals surface area (Å²) in [4.78, 5) is 11.3. The van der Waals surface area contributed by atoms with Gasteiger partial charge in [-0.1, -0.05) is 0 Å². The molecule has 0 radical (unpaired) electrons. The molecule has 1 aliphatic carbocycles. The molecule has 2 atom stereocenters. The van der Waals surface area contributed by atoms with E-state index in [1.807, 2.05) is 18.7 Å². The van der Waals surface area contributed by atoms with Crippen molar-refractivity contribution in [2.45, 2.75) is 31.9 Å². The first-order valence-electron chi connectivity index (χ1n) is 8.41. The molecular formula is C16H24N6O. The number of ether oxygens (including phenoxy) is 1. The van der Waals surface area contributed by atoms with Crippen molar-refractivity contribution < 1.29 is 4.74 Å². The zero-order valence-corrected chi connectivity index (χ0v) is 13.6. The van der Waals surface area contributed by atoms with Crippen LogP contribution in [0.2, 0.25) is 0 Å². The molecule has 2 aromatic heterocycles. The highest BCUT2D eigenvalue weighted by atomic mass is 16.5. The van der Waals surface area contributed by atoms with Gasteiger partial charge in [0.05, 0.1) is 6.33 Å². The molecule has 1 saturated heterocycles. The van der Waals surface area contributed by atoms with Crippen molar-refractivity contribution in [2.24, 2.45) is 11.8 Å². The summed E-state index contributed by atoms with van der Waals surface area (Å²) in [5, 5.41) is 7.48. The monoisotopic (exact) mass is 316 g/mol. The predicted molar refractivity (Wildman–Crippen MR) is 84.7 cm³/mol. The number of aromatic amines is 1. The van der Waals surface area contributed by atoms with Gasteiger partial charge in [-0.05, 0) is 24.7 Å². The van der Waals surface area contributed by atoms with Crippen LogP contribution in [0.5, 0.6) is 0 Å². The smallest absolute Gasteiger partial charge is 0.155 e. The van der Waals surface area contributed by atoms with Crippen LogP contribution in [0.4, 0.5) is 0 Å². The summed E-state index contributed by atoms with van der Waals surface area (Å²) in [6, 6.07) is 0. The lowest BCUT2D eigenvalue weighted by Gasteiger charge is -2.15. The molecule has 7 nitrogen and oxygen atoms in total. The van der Waals surface area contributed by atoms with Crippen molar-refractivity contribution in [3.05, 3.63) is 30.4 Å². The third kappa shape index (κ3) is 3.30. The van der Waals surface area contributed by atoms with E-state index in [-0.39, 0.29) is 0 Å². The lowest BCUT2D eigenvalue weighted by atomic mass is 9.91. The highest BCUT2D eigenvalue weighted by Gasteiger charge is 2.44. The molecule has 1 N–H and O–H groups in total. The summed E-state index contributed by atoms with van der Waals surface area (Å²) in [5.41, 5.74) is 0. The van der Waals surface area contributed by atoms with Crippen molar-refractivity contribution in [2.75, 3.05) is 26.7 Å². The van der Waals surface area contributed by atoms with Crippen LogP contribution in [0.1, 0.15) is 30.4 Å². The zero-order chi connectivity index (χ0) is 15.6. The first-order valence-corrected chi connectivity index (χ1v) is 8.41. The Bertz CT molecular complexity index is 620. The number of H-pyrrole nitrogens is 1. The summed E-state index contributed by atoms with van der Waals surface area (Å²) in [5.74, 6) is 3.81. The number of likely N-dealkylation sites (tertiary alicyclic amines) is 1. The fraction of sp³-hybridized carbons (Fsp3) is 0.688. The van der Waals surface area contributed by atoms with E-state index < -0.39 is 0 Å². The molecule has 2 fully saturated rings. The van der Waals surface area contributed by atoms with E-state index >= 15 is 0 Å². The van der Waals surface area contributed by atoms with Gasteiger partial charge in [0.15, 0.2) is 11.6 Å². The molecule has 1 saturated carbocycles. The molecule has 1 aliphatic heterocycles. The molecule has 0 unspecified atom stereocenters. The fourth-order valence-electron chi connectivity index (χ4n) is 3.72. The number of imidazole rings is 1. The third-order valence-electron chi connectivity index (χ3n) is 5.06. The lowest BCUT2D eigenvalue weighted by molar-refractivity contribution is 0.178. The molecular weight excluding hydrogens is 292 g/mol. The number of aromatic nitrogens is 5. The van der Waals surface area contributed by atoms with Crippen LogP contribution in [-0.2, 0) is 17.9 Å². The number of nitrogens with one attached hydrogen (secondary N) is 1. The summed E-state index contributed by atoms with van der Waals surface area (Å²) in [7, 11) is 1.68. The zero-order valence-electron chi connectivity index (χ0n) is 13.6. The van der Waals surface area contributed by atoms with Gasteiger partial charge in [0.1, 0.15) is 6.61 Å². The van der Waals surface area contributed by atoms with Gasteiger partial charge in [-0.15, -0.1) is 0 Å². The normalized spacial score (nSPS) is 25.3. The van der Waals surface area contributed by atoms with Crippen LogP contribution < -0.4 is 0 Å². The molecule has 7 heteroatoms. The Morgan fingerprint density at radius 3 is 2.96 bits per heavy atom. The maximum absolute atomic E-state index is 5.14. The van der Waals surface area contributed by atoms with Crippen LogP contribution in [0.3, 0.4) is 0 Å². The fourth-order valence-corrected chi connectivity index (χ4v) is 3.72. The quantitative estimate of drug-likeness (QED) is 0.833. The number of methoxy groups -OCH3 is 1. The summed E-state index contributed by atoms with van der Waals surface area (Å²) in [6.45, 7) is 4.77. The average molecular weight is 316 g/mol. The van der Waals surface area contributed by atoms with Crippen molar-refractivity contribution >= 4 is 0 Å². The molecule has 3 heterocycles. The van der Waals surface area contributed by atoms with Gasteiger partial charge >= 0.3 is 0 Å². The maximum atomic E-state index is 5.14. The van der Waals surface area contributed by atoms with Gasteiger partial charge in [-0.25, -0.2) is 9.97 Å². The first-order chi connectivity index (χ1) is 11.3. The highest BCUT2D eigenvalue weighted by molar-refractivity contribution is 5.08. The van der Waals surface area contributed by atoms with Crippen molar-refractivity contribution in [1.29, 1.82) is 0 Å². The summed E-state index contributed by atoms with van der Waals surface area (Å²) < 4.78 is 7.28. The van der Waals surface area contributed by atoms with E-state index in [1.165, 1.54) is 12.8 Å². The third-order valence-corrected chi connectivity index (χ3v) is 5.06. The van der Waals surface area contributed by atoms with Gasteiger partial charge < -0.3 is 14.2 Å². The van der Waals surface area contributed by atoms with Crippen LogP contribution in [0.25, 0.3) is 0 Å². The molecule has 2 aromatic rings. The summed E-state index contributed by atoms with van der Waals surface area (Å²) >= 11 is 0. The second-order valence-electron chi connectivity index (χ2n) is 6.74. The summed E-state index contributed by atoms with van der Waals surface area (Å²) in [6.07, 6.45) is 8.49. The van der Waals surface area contributed by atoms with Crippen LogP contribution in [0, 0.1) is 11.8 Å². The second-order valence-corrected chi connectivity index (χ2v) is 6.74. The average Bonchev–Trinajstić information content (AvgIpc) is 2.97. The molecule has 0 aromatic carbocycles. The van der Waals surface area contributed by atoms with Gasteiger partial charge in [0.2, 0.25) is 0 Å². The molecule has 23 heavy (non-hydrogen) atoms. The minimum absolute atomic E-state index is 0.451. The number of rotatable bonds is 7. The van der Waals surface area contributed by atoms with Crippen molar-refractivity contribution in [3.63, 3.8) is 0 Å². The van der Waals surface area contributed by atoms with Crippen molar-refractivity contribution in [3.8, 4) is 0 Å². The largest absolute Gasteiger partial charge is 0.377 e. The molecule has 124 valence electrons. The molecule has 0 amide bonds. The first kappa shape index (κ1) is 14.8. The molecule has 0 spiro atoms. The Kier molecular flexibility index (Phi) is 4.13. The second kappa shape index (κ2) is 6.41. The Labute approximate surface area is 136 Å². The van der Waals surface area contributed by atoms with Gasteiger partial charge in [0.25, 0.3) is 0 Å². The van der Waals surface area contributed by atoms with Gasteiger partial charge in [-0.3, -0.25) is 5.10 Å². The maximum Gasteiger partial charge on any atom is 0.155 e. The molecule has 4 rings (SSSR count). The van der Waals surface area contributed by atoms with Crippen LogP contribution in [-0.4, -0.2) is 56.4 Å². The van der Waals surface area contributed by atoms with E-state index in [2.05, 4.69) is 29.6 Å². The molecule has 2 aliphatic rings. The number of nitrogens with zero attached hydrogens (tertiary/aromatic N) is 5. The van der Waals surface area contributed by atoms with E-state index in [1.54, 1.807) is 7.11 Å². The van der Waals surface area contributed by atoms with Gasteiger partial charge in [-0.2, -0.15) is 5.10 Å². The van der Waals surface area contributed by atoms with Crippen molar-refractivity contribution in [1.82, 2.24) is 29.6 Å².